The number of aliphatic hydroxyl groups excluding tert-OH is 10. The van der Waals surface area contributed by atoms with E-state index in [9.17, 15) is 0 Å². The molecule has 126 valence electrons. The van der Waals surface area contributed by atoms with Crippen LogP contribution >= 0.6 is 0 Å². The molecule has 0 aromatic rings. The summed E-state index contributed by atoms with van der Waals surface area (Å²) < 4.78 is 0. The molecule has 10 nitrogen and oxygen atoms in total. The second-order valence-corrected chi connectivity index (χ2v) is 3.38. The third-order valence-electron chi connectivity index (χ3n) is 1.71. The summed E-state index contributed by atoms with van der Waals surface area (Å²) in [6.45, 7) is -1.95. The van der Waals surface area contributed by atoms with Gasteiger partial charge in [0.2, 0.25) is 0 Å². The van der Waals surface area contributed by atoms with Crippen molar-refractivity contribution in [2.24, 2.45) is 0 Å². The highest BCUT2D eigenvalue weighted by Gasteiger charge is 2.29. The van der Waals surface area contributed by atoms with Crippen molar-refractivity contribution in [1.29, 1.82) is 0 Å². The van der Waals surface area contributed by atoms with Gasteiger partial charge in [0.15, 0.2) is 0 Å². The number of aliphatic hydroxyl groups is 10. The molecule has 10 heteroatoms. The van der Waals surface area contributed by atoms with Crippen LogP contribution in [0.3, 0.4) is 0 Å². The molecule has 0 fully saturated rings. The molecular weight excluding hydrogens is 280 g/mol. The Morgan fingerprint density at radius 1 is 0.450 bits per heavy atom. The van der Waals surface area contributed by atoms with E-state index in [0.717, 1.165) is 0 Å². The summed E-state index contributed by atoms with van der Waals surface area (Å²) in [5, 5.41) is 82.7. The molecule has 4 atom stereocenters. The van der Waals surface area contributed by atoms with Gasteiger partial charge >= 0.3 is 0 Å². The maximum atomic E-state index is 8.96. The van der Waals surface area contributed by atoms with Crippen molar-refractivity contribution < 1.29 is 51.1 Å². The Balaban J connectivity index is -0.000000297. The Bertz CT molecular complexity index is 148. The van der Waals surface area contributed by atoms with Crippen LogP contribution in [0.2, 0.25) is 0 Å². The lowest BCUT2D eigenvalue weighted by Crippen LogP contribution is -2.46. The van der Waals surface area contributed by atoms with E-state index in [1.54, 1.807) is 0 Å². The second-order valence-electron chi connectivity index (χ2n) is 3.38. The summed E-state index contributed by atoms with van der Waals surface area (Å²) in [6, 6.07) is 0. The standard InChI is InChI=1S/C6H14O6.2C2H6O2/c7-1-3(9)5(11)6(12)4(10)2-8;2*3-1-2-4/h3-12H,1-2H2;2*3-4H,1-2H2/t3-,4+,5-,6-;;/m1../s1. The molecule has 0 saturated carbocycles. The van der Waals surface area contributed by atoms with E-state index in [1.807, 2.05) is 0 Å². The predicted octanol–water partition coefficient (Wildman–Crippen LogP) is -5.64. The molecule has 20 heavy (non-hydrogen) atoms. The molecule has 0 heterocycles. The lowest BCUT2D eigenvalue weighted by Gasteiger charge is -2.24. The Morgan fingerprint density at radius 2 is 0.650 bits per heavy atom. The SMILES string of the molecule is OCCO.OCCO.OC[C@@H](O)[C@@H](O)[C@H](O)[C@@H](O)CO. The quantitative estimate of drug-likeness (QED) is 0.216. The van der Waals surface area contributed by atoms with Gasteiger partial charge in [0.05, 0.1) is 39.6 Å². The van der Waals surface area contributed by atoms with E-state index >= 15 is 0 Å². The van der Waals surface area contributed by atoms with Gasteiger partial charge in [-0.15, -0.1) is 0 Å². The van der Waals surface area contributed by atoms with Gasteiger partial charge in [-0.2, -0.15) is 0 Å². The van der Waals surface area contributed by atoms with E-state index < -0.39 is 37.6 Å². The summed E-state index contributed by atoms with van der Waals surface area (Å²) in [6.07, 6.45) is -6.39. The first-order chi connectivity index (χ1) is 9.37. The highest BCUT2D eigenvalue weighted by atomic mass is 16.4. The number of hydrogen-bond acceptors (Lipinski definition) is 10. The minimum Gasteiger partial charge on any atom is -0.394 e. The molecule has 0 aromatic heterocycles. The van der Waals surface area contributed by atoms with Crippen LogP contribution in [0, 0.1) is 0 Å². The first-order valence-electron chi connectivity index (χ1n) is 5.75. The van der Waals surface area contributed by atoms with Crippen molar-refractivity contribution in [3.05, 3.63) is 0 Å². The molecule has 0 bridgehead atoms. The van der Waals surface area contributed by atoms with Gasteiger partial charge in [-0.3, -0.25) is 0 Å². The summed E-state index contributed by atoms with van der Waals surface area (Å²) in [7, 11) is 0. The summed E-state index contributed by atoms with van der Waals surface area (Å²) in [5.41, 5.74) is 0. The Hall–Kier alpha value is -0.400. The Labute approximate surface area is 116 Å². The molecule has 0 unspecified atom stereocenters. The molecule has 0 amide bonds. The number of hydrogen-bond donors (Lipinski definition) is 10. The third-order valence-corrected chi connectivity index (χ3v) is 1.71. The minimum absolute atomic E-state index is 0.125. The fraction of sp³-hybridized carbons (Fsp3) is 1.00. The maximum Gasteiger partial charge on any atom is 0.111 e. The van der Waals surface area contributed by atoms with Crippen LogP contribution in [0.15, 0.2) is 0 Å². The van der Waals surface area contributed by atoms with Crippen LogP contribution in [0.25, 0.3) is 0 Å². The molecule has 0 spiro atoms. The summed E-state index contributed by atoms with van der Waals surface area (Å²) >= 11 is 0. The zero-order valence-corrected chi connectivity index (χ0v) is 11.0. The zero-order valence-electron chi connectivity index (χ0n) is 11.0. The van der Waals surface area contributed by atoms with Crippen LogP contribution in [0.4, 0.5) is 0 Å². The van der Waals surface area contributed by atoms with Crippen LogP contribution in [0.5, 0.6) is 0 Å². The normalized spacial score (nSPS) is 15.9. The van der Waals surface area contributed by atoms with Gasteiger partial charge in [0.1, 0.15) is 24.4 Å². The van der Waals surface area contributed by atoms with E-state index in [4.69, 9.17) is 51.1 Å². The van der Waals surface area contributed by atoms with Crippen LogP contribution < -0.4 is 0 Å². The van der Waals surface area contributed by atoms with Gasteiger partial charge in [0, 0.05) is 0 Å². The lowest BCUT2D eigenvalue weighted by molar-refractivity contribution is -0.123. The van der Waals surface area contributed by atoms with E-state index in [-0.39, 0.29) is 26.4 Å². The van der Waals surface area contributed by atoms with Gasteiger partial charge < -0.3 is 51.1 Å². The van der Waals surface area contributed by atoms with Crippen molar-refractivity contribution in [2.45, 2.75) is 24.4 Å². The molecule has 0 radical (unpaired) electrons. The zero-order chi connectivity index (χ0) is 16.6. The highest BCUT2D eigenvalue weighted by molar-refractivity contribution is 4.79. The van der Waals surface area contributed by atoms with Gasteiger partial charge in [-0.25, -0.2) is 0 Å². The van der Waals surface area contributed by atoms with Gasteiger partial charge in [0.25, 0.3) is 0 Å². The van der Waals surface area contributed by atoms with Crippen molar-refractivity contribution in [3.8, 4) is 0 Å². The highest BCUT2D eigenvalue weighted by Crippen LogP contribution is 2.03. The van der Waals surface area contributed by atoms with Crippen LogP contribution in [-0.4, -0.2) is 115 Å². The van der Waals surface area contributed by atoms with E-state index in [0.29, 0.717) is 0 Å². The largest absolute Gasteiger partial charge is 0.394 e. The van der Waals surface area contributed by atoms with Crippen LogP contribution in [0.1, 0.15) is 0 Å². The average Bonchev–Trinajstić information content (AvgIpc) is 2.51. The molecule has 0 aliphatic rings. The van der Waals surface area contributed by atoms with Crippen molar-refractivity contribution in [2.75, 3.05) is 39.6 Å². The molecule has 0 rings (SSSR count). The smallest absolute Gasteiger partial charge is 0.111 e. The van der Waals surface area contributed by atoms with Crippen molar-refractivity contribution >= 4 is 0 Å². The topological polar surface area (TPSA) is 202 Å². The van der Waals surface area contributed by atoms with Gasteiger partial charge in [-0.1, -0.05) is 0 Å². The third kappa shape index (κ3) is 15.7. The van der Waals surface area contributed by atoms with Crippen molar-refractivity contribution in [3.63, 3.8) is 0 Å². The van der Waals surface area contributed by atoms with Gasteiger partial charge in [-0.05, 0) is 0 Å². The fourth-order valence-corrected chi connectivity index (χ4v) is 0.671. The first kappa shape index (κ1) is 24.6. The molecule has 10 N–H and O–H groups in total. The molecule has 0 aliphatic carbocycles. The fourth-order valence-electron chi connectivity index (χ4n) is 0.671. The second kappa shape index (κ2) is 18.6. The minimum atomic E-state index is -1.67. The van der Waals surface area contributed by atoms with Crippen molar-refractivity contribution in [1.82, 2.24) is 0 Å². The number of rotatable bonds is 7. The first-order valence-corrected chi connectivity index (χ1v) is 5.75. The molecule has 0 saturated heterocycles. The Kier molecular flexibility index (Phi) is 22.9. The average molecular weight is 306 g/mol. The monoisotopic (exact) mass is 306 g/mol. The molecule has 0 aliphatic heterocycles. The predicted molar refractivity (Wildman–Crippen MR) is 66.5 cm³/mol. The lowest BCUT2D eigenvalue weighted by atomic mass is 10.0. The molecule has 0 aromatic carbocycles. The van der Waals surface area contributed by atoms with Crippen LogP contribution in [-0.2, 0) is 0 Å². The molecular formula is C10H26O10. The Morgan fingerprint density at radius 3 is 0.750 bits per heavy atom. The summed E-state index contributed by atoms with van der Waals surface area (Å²) in [4.78, 5) is 0. The van der Waals surface area contributed by atoms with E-state index in [2.05, 4.69) is 0 Å². The summed E-state index contributed by atoms with van der Waals surface area (Å²) in [5.74, 6) is 0. The van der Waals surface area contributed by atoms with E-state index in [1.165, 1.54) is 0 Å². The maximum absolute atomic E-state index is 8.96.